The molecule has 0 heterocycles. The lowest BCUT2D eigenvalue weighted by molar-refractivity contribution is -0.131. The van der Waals surface area contributed by atoms with Gasteiger partial charge in [0.15, 0.2) is 0 Å². The zero-order chi connectivity index (χ0) is 15.4. The van der Waals surface area contributed by atoms with Gasteiger partial charge >= 0.3 is 5.97 Å². The zero-order valence-electron chi connectivity index (χ0n) is 11.1. The maximum Gasteiger partial charge on any atom is 0.328 e. The van der Waals surface area contributed by atoms with Crippen LogP contribution in [0.5, 0.6) is 11.5 Å². The van der Waals surface area contributed by atoms with E-state index in [0.717, 1.165) is 11.6 Å². The maximum atomic E-state index is 10.7. The summed E-state index contributed by atoms with van der Waals surface area (Å²) in [4.78, 5) is 10.7. The van der Waals surface area contributed by atoms with E-state index in [9.17, 15) is 4.79 Å². The smallest absolute Gasteiger partial charge is 0.328 e. The topological polar surface area (TPSA) is 46.5 Å². The number of carboxylic acid groups (broad SMARTS) is 1. The predicted molar refractivity (Wildman–Crippen MR) is 84.4 cm³/mol. The quantitative estimate of drug-likeness (QED) is 0.787. The van der Waals surface area contributed by atoms with Gasteiger partial charge in [-0.25, -0.2) is 4.79 Å². The minimum Gasteiger partial charge on any atom is -0.478 e. The van der Waals surface area contributed by atoms with E-state index < -0.39 is 5.97 Å². The Balaban J connectivity index is 2.42. The minimum absolute atomic E-state index is 0.407. The van der Waals surface area contributed by atoms with E-state index in [1.54, 1.807) is 30.3 Å². The molecule has 0 atom stereocenters. The summed E-state index contributed by atoms with van der Waals surface area (Å²) in [6, 6.07) is 10.4. The Hall–Kier alpha value is -1.97. The standard InChI is InChI=1S/C16H12Cl2O3/c1-10-5-6-11(17)9-15(10)21-14-4-2-3-13(18)12(14)7-8-16(19)20/h2-9H,1H3,(H,19,20). The Morgan fingerprint density at radius 2 is 1.95 bits per heavy atom. The normalized spacial score (nSPS) is 10.8. The van der Waals surface area contributed by atoms with Crippen molar-refractivity contribution in [2.45, 2.75) is 6.92 Å². The van der Waals surface area contributed by atoms with E-state index in [1.165, 1.54) is 6.08 Å². The zero-order valence-corrected chi connectivity index (χ0v) is 12.7. The highest BCUT2D eigenvalue weighted by molar-refractivity contribution is 6.32. The Labute approximate surface area is 132 Å². The van der Waals surface area contributed by atoms with Crippen LogP contribution in [-0.2, 0) is 4.79 Å². The van der Waals surface area contributed by atoms with Gasteiger partial charge in [-0.1, -0.05) is 35.3 Å². The van der Waals surface area contributed by atoms with Crippen molar-refractivity contribution in [1.29, 1.82) is 0 Å². The molecular weight excluding hydrogens is 311 g/mol. The average Bonchev–Trinajstić information content (AvgIpc) is 2.42. The predicted octanol–water partition coefficient (Wildman–Crippen LogP) is 5.19. The van der Waals surface area contributed by atoms with Crippen LogP contribution >= 0.6 is 23.2 Å². The number of aryl methyl sites for hydroxylation is 1. The third-order valence-electron chi connectivity index (χ3n) is 2.78. The monoisotopic (exact) mass is 322 g/mol. The minimum atomic E-state index is -1.06. The van der Waals surface area contributed by atoms with E-state index >= 15 is 0 Å². The molecule has 0 saturated carbocycles. The van der Waals surface area contributed by atoms with Crippen LogP contribution in [0.15, 0.2) is 42.5 Å². The van der Waals surface area contributed by atoms with Gasteiger partial charge in [-0.3, -0.25) is 0 Å². The molecular formula is C16H12Cl2O3. The summed E-state index contributed by atoms with van der Waals surface area (Å²) in [5, 5.41) is 9.70. The summed E-state index contributed by atoms with van der Waals surface area (Å²) < 4.78 is 5.82. The Kier molecular flexibility index (Phi) is 4.89. The van der Waals surface area contributed by atoms with Crippen molar-refractivity contribution in [3.05, 3.63) is 63.6 Å². The molecule has 0 bridgehead atoms. The molecule has 0 amide bonds. The van der Waals surface area contributed by atoms with Crippen molar-refractivity contribution in [3.63, 3.8) is 0 Å². The highest BCUT2D eigenvalue weighted by atomic mass is 35.5. The average molecular weight is 323 g/mol. The van der Waals surface area contributed by atoms with E-state index in [1.807, 2.05) is 13.0 Å². The highest BCUT2D eigenvalue weighted by Crippen LogP contribution is 2.34. The summed E-state index contributed by atoms with van der Waals surface area (Å²) in [5.41, 5.74) is 1.41. The fourth-order valence-corrected chi connectivity index (χ4v) is 2.12. The largest absolute Gasteiger partial charge is 0.478 e. The van der Waals surface area contributed by atoms with Crippen LogP contribution in [-0.4, -0.2) is 11.1 Å². The fourth-order valence-electron chi connectivity index (χ4n) is 1.72. The molecule has 0 aromatic heterocycles. The van der Waals surface area contributed by atoms with Crippen LogP contribution in [0.1, 0.15) is 11.1 Å². The molecule has 0 unspecified atom stereocenters. The first-order valence-electron chi connectivity index (χ1n) is 6.11. The molecule has 0 aliphatic carbocycles. The van der Waals surface area contributed by atoms with Crippen molar-refractivity contribution >= 4 is 35.2 Å². The molecule has 5 heteroatoms. The molecule has 0 radical (unpaired) electrons. The van der Waals surface area contributed by atoms with Crippen molar-refractivity contribution in [2.24, 2.45) is 0 Å². The van der Waals surface area contributed by atoms with Crippen LogP contribution in [0.2, 0.25) is 10.0 Å². The highest BCUT2D eigenvalue weighted by Gasteiger charge is 2.09. The first-order valence-corrected chi connectivity index (χ1v) is 6.86. The molecule has 0 saturated heterocycles. The molecule has 0 spiro atoms. The second-order valence-electron chi connectivity index (χ2n) is 4.34. The van der Waals surface area contributed by atoms with Gasteiger partial charge in [-0.05, 0) is 42.8 Å². The lowest BCUT2D eigenvalue weighted by Gasteiger charge is -2.12. The van der Waals surface area contributed by atoms with E-state index in [-0.39, 0.29) is 0 Å². The van der Waals surface area contributed by atoms with Gasteiger partial charge in [-0.15, -0.1) is 0 Å². The number of hydrogen-bond acceptors (Lipinski definition) is 2. The van der Waals surface area contributed by atoms with Crippen molar-refractivity contribution in [2.75, 3.05) is 0 Å². The maximum absolute atomic E-state index is 10.7. The van der Waals surface area contributed by atoms with Gasteiger partial charge in [0, 0.05) is 16.7 Å². The first-order chi connectivity index (χ1) is 9.97. The number of ether oxygens (including phenoxy) is 1. The molecule has 0 fully saturated rings. The molecule has 21 heavy (non-hydrogen) atoms. The second-order valence-corrected chi connectivity index (χ2v) is 5.18. The van der Waals surface area contributed by atoms with Gasteiger partial charge in [0.25, 0.3) is 0 Å². The lowest BCUT2D eigenvalue weighted by Crippen LogP contribution is -1.92. The Morgan fingerprint density at radius 3 is 2.67 bits per heavy atom. The molecule has 2 aromatic rings. The fraction of sp³-hybridized carbons (Fsp3) is 0.0625. The number of halogens is 2. The molecule has 2 aromatic carbocycles. The first kappa shape index (κ1) is 15.4. The van der Waals surface area contributed by atoms with Gasteiger partial charge in [0.1, 0.15) is 11.5 Å². The van der Waals surface area contributed by atoms with Crippen LogP contribution < -0.4 is 4.74 Å². The SMILES string of the molecule is Cc1ccc(Cl)cc1Oc1cccc(Cl)c1C=CC(=O)O. The Bertz CT molecular complexity index is 709. The van der Waals surface area contributed by atoms with Crippen molar-refractivity contribution < 1.29 is 14.6 Å². The van der Waals surface area contributed by atoms with E-state index in [4.69, 9.17) is 33.0 Å². The van der Waals surface area contributed by atoms with E-state index in [0.29, 0.717) is 27.1 Å². The van der Waals surface area contributed by atoms with Gasteiger partial charge < -0.3 is 9.84 Å². The molecule has 3 nitrogen and oxygen atoms in total. The number of carboxylic acids is 1. The lowest BCUT2D eigenvalue weighted by atomic mass is 10.1. The molecule has 2 rings (SSSR count). The molecule has 0 aliphatic heterocycles. The summed E-state index contributed by atoms with van der Waals surface area (Å²) in [6.45, 7) is 1.89. The third kappa shape index (κ3) is 4.00. The van der Waals surface area contributed by atoms with Crippen LogP contribution in [0, 0.1) is 6.92 Å². The third-order valence-corrected chi connectivity index (χ3v) is 3.34. The van der Waals surface area contributed by atoms with Gasteiger partial charge in [-0.2, -0.15) is 0 Å². The van der Waals surface area contributed by atoms with E-state index in [2.05, 4.69) is 0 Å². The summed E-state index contributed by atoms with van der Waals surface area (Å²) in [5.74, 6) is -0.0000795. The summed E-state index contributed by atoms with van der Waals surface area (Å²) >= 11 is 12.1. The van der Waals surface area contributed by atoms with Crippen LogP contribution in [0.25, 0.3) is 6.08 Å². The Morgan fingerprint density at radius 1 is 1.19 bits per heavy atom. The van der Waals surface area contributed by atoms with Crippen molar-refractivity contribution in [1.82, 2.24) is 0 Å². The molecule has 108 valence electrons. The summed E-state index contributed by atoms with van der Waals surface area (Å²) in [7, 11) is 0. The van der Waals surface area contributed by atoms with Gasteiger partial charge in [0.2, 0.25) is 0 Å². The molecule has 1 N–H and O–H groups in total. The number of aliphatic carboxylic acids is 1. The van der Waals surface area contributed by atoms with Crippen molar-refractivity contribution in [3.8, 4) is 11.5 Å². The second kappa shape index (κ2) is 6.66. The summed E-state index contributed by atoms with van der Waals surface area (Å²) in [6.07, 6.45) is 2.42. The molecule has 0 aliphatic rings. The van der Waals surface area contributed by atoms with Gasteiger partial charge in [0.05, 0.1) is 5.02 Å². The number of carbonyl (C=O) groups is 1. The number of rotatable bonds is 4. The number of hydrogen-bond donors (Lipinski definition) is 1. The number of benzene rings is 2. The van der Waals surface area contributed by atoms with Crippen LogP contribution in [0.3, 0.4) is 0 Å². The van der Waals surface area contributed by atoms with Crippen LogP contribution in [0.4, 0.5) is 0 Å².